The number of fused-ring (bicyclic) bond motifs is 2. The fraction of sp³-hybridized carbons (Fsp3) is 0.186. The second-order valence-corrected chi connectivity index (χ2v) is 12.8. The van der Waals surface area contributed by atoms with Crippen LogP contribution in [-0.4, -0.2) is 25.1 Å². The summed E-state index contributed by atoms with van der Waals surface area (Å²) in [5, 5.41) is 39.5. The van der Waals surface area contributed by atoms with Gasteiger partial charge in [-0.1, -0.05) is 97.1 Å². The van der Waals surface area contributed by atoms with Crippen LogP contribution < -0.4 is 9.47 Å². The van der Waals surface area contributed by atoms with Crippen LogP contribution in [0.2, 0.25) is 0 Å². The molecule has 1 aliphatic rings. The maximum Gasteiger partial charge on any atom is 0.169 e. The Bertz CT molecular complexity index is 2250. The molecule has 0 heterocycles. The van der Waals surface area contributed by atoms with E-state index in [1.54, 1.807) is 56.7 Å². The van der Waals surface area contributed by atoms with Crippen LogP contribution in [0.1, 0.15) is 45.3 Å². The molecule has 0 spiro atoms. The van der Waals surface area contributed by atoms with Gasteiger partial charge in [0.05, 0.1) is 32.3 Å². The van der Waals surface area contributed by atoms with E-state index in [-0.39, 0.29) is 12.2 Å². The van der Waals surface area contributed by atoms with Crippen LogP contribution in [0, 0.1) is 34.0 Å². The number of nitrogens with zero attached hydrogens (tertiary/aromatic N) is 2. The number of carbonyl (C=O) groups is 1. The second-order valence-electron chi connectivity index (χ2n) is 12.8. The third-order valence-corrected chi connectivity index (χ3v) is 10.3. The zero-order chi connectivity index (χ0) is 34.2. The standard InChI is InChI=1S/C43H34N2O4/c1-48-36-19-14-30(15-20-36)38-25-43(47,35-18-13-29-8-4-6-10-33(29)24-35)40(41(46)34-12-11-28-7-3-5-9-32(28)23-34)39(42(38,26-44)27-45)31-16-21-37(49-2)22-17-31/h3-24,38-40,47H,25H2,1-2H3. The highest BCUT2D eigenvalue weighted by molar-refractivity contribution is 6.03. The van der Waals surface area contributed by atoms with Crippen LogP contribution in [0.3, 0.4) is 0 Å². The molecule has 0 aliphatic heterocycles. The van der Waals surface area contributed by atoms with Crippen molar-refractivity contribution in [2.24, 2.45) is 11.3 Å². The Kier molecular flexibility index (Phi) is 8.12. The predicted octanol–water partition coefficient (Wildman–Crippen LogP) is 8.70. The molecule has 6 aromatic carbocycles. The monoisotopic (exact) mass is 642 g/mol. The van der Waals surface area contributed by atoms with Gasteiger partial charge >= 0.3 is 0 Å². The van der Waals surface area contributed by atoms with E-state index in [4.69, 9.17) is 9.47 Å². The summed E-state index contributed by atoms with van der Waals surface area (Å²) in [5.41, 5.74) is -1.32. The number of benzene rings is 6. The minimum atomic E-state index is -1.79. The predicted molar refractivity (Wildman–Crippen MR) is 189 cm³/mol. The van der Waals surface area contributed by atoms with E-state index in [9.17, 15) is 15.6 Å². The Morgan fingerprint density at radius 3 is 1.73 bits per heavy atom. The summed E-state index contributed by atoms with van der Waals surface area (Å²) in [6.45, 7) is 0. The van der Waals surface area contributed by atoms with E-state index >= 15 is 4.79 Å². The average Bonchev–Trinajstić information content (AvgIpc) is 3.17. The fourth-order valence-corrected chi connectivity index (χ4v) is 7.80. The highest BCUT2D eigenvalue weighted by Gasteiger charge is 2.64. The molecule has 0 aromatic heterocycles. The zero-order valence-corrected chi connectivity index (χ0v) is 27.2. The maximum atomic E-state index is 15.2. The van der Waals surface area contributed by atoms with Crippen LogP contribution in [0.4, 0.5) is 0 Å². The van der Waals surface area contributed by atoms with Crippen molar-refractivity contribution in [2.45, 2.75) is 23.9 Å². The molecule has 1 aliphatic carbocycles. The van der Waals surface area contributed by atoms with Crippen molar-refractivity contribution in [2.75, 3.05) is 14.2 Å². The van der Waals surface area contributed by atoms with Crippen LogP contribution in [0.25, 0.3) is 21.5 Å². The number of aliphatic hydroxyl groups is 1. The molecule has 1 fully saturated rings. The Hall–Kier alpha value is -5.95. The average molecular weight is 643 g/mol. The molecule has 49 heavy (non-hydrogen) atoms. The first-order valence-electron chi connectivity index (χ1n) is 16.2. The molecule has 4 atom stereocenters. The van der Waals surface area contributed by atoms with E-state index in [2.05, 4.69) is 12.1 Å². The summed E-state index contributed by atoms with van der Waals surface area (Å²) >= 11 is 0. The van der Waals surface area contributed by atoms with Gasteiger partial charge in [0.2, 0.25) is 0 Å². The molecule has 6 nitrogen and oxygen atoms in total. The number of carbonyl (C=O) groups excluding carboxylic acids is 1. The van der Waals surface area contributed by atoms with E-state index in [0.29, 0.717) is 33.8 Å². The zero-order valence-electron chi connectivity index (χ0n) is 27.2. The van der Waals surface area contributed by atoms with Gasteiger partial charge in [0.1, 0.15) is 17.1 Å². The van der Waals surface area contributed by atoms with Gasteiger partial charge < -0.3 is 14.6 Å². The van der Waals surface area contributed by atoms with Crippen LogP contribution in [-0.2, 0) is 5.60 Å². The molecule has 6 heteroatoms. The maximum absolute atomic E-state index is 15.2. The van der Waals surface area contributed by atoms with Crippen molar-refractivity contribution < 1.29 is 19.4 Å². The lowest BCUT2D eigenvalue weighted by molar-refractivity contribution is -0.0782. The van der Waals surface area contributed by atoms with Crippen molar-refractivity contribution in [3.05, 3.63) is 156 Å². The van der Waals surface area contributed by atoms with Crippen LogP contribution in [0.15, 0.2) is 133 Å². The molecule has 4 unspecified atom stereocenters. The largest absolute Gasteiger partial charge is 0.497 e. The minimum Gasteiger partial charge on any atom is -0.497 e. The molecule has 0 bridgehead atoms. The van der Waals surface area contributed by atoms with E-state index in [1.807, 2.05) is 91.0 Å². The van der Waals surface area contributed by atoms with Crippen LogP contribution >= 0.6 is 0 Å². The summed E-state index contributed by atoms with van der Waals surface area (Å²) in [6, 6.07) is 46.1. The number of rotatable bonds is 7. The van der Waals surface area contributed by atoms with Crippen molar-refractivity contribution >= 4 is 27.3 Å². The summed E-state index contributed by atoms with van der Waals surface area (Å²) in [4.78, 5) is 15.2. The quantitative estimate of drug-likeness (QED) is 0.175. The van der Waals surface area contributed by atoms with Crippen molar-refractivity contribution in [1.82, 2.24) is 0 Å². The summed E-state index contributed by atoms with van der Waals surface area (Å²) < 4.78 is 10.9. The molecular weight excluding hydrogens is 608 g/mol. The van der Waals surface area contributed by atoms with Gasteiger partial charge in [0, 0.05) is 17.4 Å². The van der Waals surface area contributed by atoms with Gasteiger partial charge in [-0.3, -0.25) is 4.79 Å². The minimum absolute atomic E-state index is 0.0462. The van der Waals surface area contributed by atoms with Gasteiger partial charge in [-0.25, -0.2) is 0 Å². The third kappa shape index (κ3) is 5.28. The lowest BCUT2D eigenvalue weighted by Gasteiger charge is -2.53. The smallest absolute Gasteiger partial charge is 0.169 e. The van der Waals surface area contributed by atoms with Gasteiger partial charge in [-0.05, 0) is 81.1 Å². The number of ether oxygens (including phenoxy) is 2. The Labute approximate surface area is 285 Å². The van der Waals surface area contributed by atoms with Crippen LogP contribution in [0.5, 0.6) is 11.5 Å². The molecule has 6 aromatic rings. The number of hydrogen-bond donors (Lipinski definition) is 1. The van der Waals surface area contributed by atoms with Gasteiger partial charge in [-0.15, -0.1) is 0 Å². The topological polar surface area (TPSA) is 103 Å². The highest BCUT2D eigenvalue weighted by Crippen LogP contribution is 2.63. The molecule has 1 N–H and O–H groups in total. The molecule has 240 valence electrons. The molecular formula is C43H34N2O4. The first-order valence-corrected chi connectivity index (χ1v) is 16.2. The second kappa shape index (κ2) is 12.6. The SMILES string of the molecule is COc1ccc(C2CC(O)(c3ccc4ccccc4c3)C(C(=O)c3ccc4ccccc4c3)C(c3ccc(OC)cc3)C2(C#N)C#N)cc1. The third-order valence-electron chi connectivity index (χ3n) is 10.3. The van der Waals surface area contributed by atoms with E-state index < -0.39 is 28.8 Å². The fourth-order valence-electron chi connectivity index (χ4n) is 7.80. The Balaban J connectivity index is 1.53. The number of nitriles is 2. The van der Waals surface area contributed by atoms with Gasteiger partial charge in [-0.2, -0.15) is 10.5 Å². The Morgan fingerprint density at radius 2 is 1.18 bits per heavy atom. The molecule has 0 saturated heterocycles. The summed E-state index contributed by atoms with van der Waals surface area (Å²) in [7, 11) is 3.14. The first-order chi connectivity index (χ1) is 23.8. The molecule has 7 rings (SSSR count). The van der Waals surface area contributed by atoms with Crippen molar-refractivity contribution in [1.29, 1.82) is 10.5 Å². The number of methoxy groups -OCH3 is 2. The number of hydrogen-bond acceptors (Lipinski definition) is 6. The van der Waals surface area contributed by atoms with E-state index in [1.165, 1.54) is 0 Å². The van der Waals surface area contributed by atoms with Gasteiger partial charge in [0.15, 0.2) is 11.2 Å². The molecule has 0 amide bonds. The summed E-state index contributed by atoms with van der Waals surface area (Å²) in [6.07, 6.45) is -0.0462. The van der Waals surface area contributed by atoms with Crippen molar-refractivity contribution in [3.63, 3.8) is 0 Å². The van der Waals surface area contributed by atoms with Crippen molar-refractivity contribution in [3.8, 4) is 23.6 Å². The first kappa shape index (κ1) is 31.6. The number of Topliss-reactive ketones (excluding diaryl/α,β-unsaturated/α-hetero) is 1. The Morgan fingerprint density at radius 1 is 0.673 bits per heavy atom. The lowest BCUT2D eigenvalue weighted by Crippen LogP contribution is -2.55. The lowest BCUT2D eigenvalue weighted by atomic mass is 9.48. The molecule has 0 radical (unpaired) electrons. The van der Waals surface area contributed by atoms with E-state index in [0.717, 1.165) is 21.5 Å². The number of ketones is 1. The summed E-state index contributed by atoms with van der Waals surface area (Å²) in [5.74, 6) is -2.16. The highest BCUT2D eigenvalue weighted by atomic mass is 16.5. The van der Waals surface area contributed by atoms with Gasteiger partial charge in [0.25, 0.3) is 0 Å². The molecule has 1 saturated carbocycles. The normalized spacial score (nSPS) is 21.4.